The largest absolute Gasteiger partial charge is 0.475 e. The van der Waals surface area contributed by atoms with Crippen molar-refractivity contribution < 1.29 is 4.74 Å². The molecule has 1 N–H and O–H groups in total. The number of piperidine rings is 1. The van der Waals surface area contributed by atoms with Gasteiger partial charge in [0.1, 0.15) is 0 Å². The molecule has 1 aromatic heterocycles. The van der Waals surface area contributed by atoms with Gasteiger partial charge in [-0.05, 0) is 39.8 Å². The van der Waals surface area contributed by atoms with Gasteiger partial charge in [-0.1, -0.05) is 6.92 Å². The van der Waals surface area contributed by atoms with E-state index in [1.807, 2.05) is 13.8 Å². The number of ether oxygens (including phenoxy) is 1. The van der Waals surface area contributed by atoms with E-state index in [-0.39, 0.29) is 6.10 Å². The molecule has 5 heteroatoms. The molecule has 2 rings (SSSR count). The number of likely N-dealkylation sites (N-methyl/N-ethyl adjacent to an activating group) is 1. The van der Waals surface area contributed by atoms with Gasteiger partial charge in [0.05, 0.1) is 6.10 Å². The highest BCUT2D eigenvalue weighted by molar-refractivity contribution is 5.29. The summed E-state index contributed by atoms with van der Waals surface area (Å²) in [5.74, 6) is 1.30. The number of nitrogens with zero attached hydrogens (tertiary/aromatic N) is 3. The average Bonchev–Trinajstić information content (AvgIpc) is 2.38. The minimum absolute atomic E-state index is 0.132. The molecule has 1 aliphatic rings. The Bertz CT molecular complexity index is 397. The quantitative estimate of drug-likeness (QED) is 0.883. The third-order valence-electron chi connectivity index (χ3n) is 3.27. The van der Waals surface area contributed by atoms with Gasteiger partial charge in [-0.25, -0.2) is 4.98 Å². The van der Waals surface area contributed by atoms with Gasteiger partial charge in [0.25, 0.3) is 0 Å². The third kappa shape index (κ3) is 4.35. The fourth-order valence-electron chi connectivity index (χ4n) is 2.36. The minimum atomic E-state index is 0.132. The number of aromatic nitrogens is 2. The van der Waals surface area contributed by atoms with Crippen LogP contribution in [0, 0.1) is 0 Å². The van der Waals surface area contributed by atoms with Crippen LogP contribution in [-0.4, -0.2) is 46.6 Å². The monoisotopic (exact) mass is 264 g/mol. The molecule has 1 fully saturated rings. The van der Waals surface area contributed by atoms with Gasteiger partial charge >= 0.3 is 0 Å². The van der Waals surface area contributed by atoms with Crippen molar-refractivity contribution in [3.05, 3.63) is 12.3 Å². The lowest BCUT2D eigenvalue weighted by Gasteiger charge is -2.32. The molecule has 2 heterocycles. The lowest BCUT2D eigenvalue weighted by molar-refractivity contribution is 0.225. The van der Waals surface area contributed by atoms with Crippen LogP contribution >= 0.6 is 0 Å². The number of nitrogens with one attached hydrogen (secondary N) is 1. The Kier molecular flexibility index (Phi) is 4.96. The SMILES string of the molecule is CCN1CCCC(Nc2nccc(OC(C)C)n2)C1. The van der Waals surface area contributed by atoms with Crippen molar-refractivity contribution >= 4 is 5.95 Å². The summed E-state index contributed by atoms with van der Waals surface area (Å²) < 4.78 is 5.58. The molecule has 1 aromatic rings. The van der Waals surface area contributed by atoms with Crippen molar-refractivity contribution in [1.82, 2.24) is 14.9 Å². The van der Waals surface area contributed by atoms with E-state index in [0.29, 0.717) is 17.9 Å². The number of rotatable bonds is 5. The van der Waals surface area contributed by atoms with Crippen molar-refractivity contribution in [3.63, 3.8) is 0 Å². The van der Waals surface area contributed by atoms with Crippen molar-refractivity contribution in [2.45, 2.75) is 45.8 Å². The van der Waals surface area contributed by atoms with Crippen molar-refractivity contribution in [3.8, 4) is 5.88 Å². The number of anilines is 1. The maximum Gasteiger partial charge on any atom is 0.226 e. The molecule has 1 unspecified atom stereocenters. The van der Waals surface area contributed by atoms with E-state index in [4.69, 9.17) is 4.74 Å². The van der Waals surface area contributed by atoms with Gasteiger partial charge in [-0.3, -0.25) is 0 Å². The third-order valence-corrected chi connectivity index (χ3v) is 3.27. The van der Waals surface area contributed by atoms with E-state index in [2.05, 4.69) is 27.1 Å². The van der Waals surface area contributed by atoms with Crippen molar-refractivity contribution in [1.29, 1.82) is 0 Å². The van der Waals surface area contributed by atoms with Crippen LogP contribution in [0.1, 0.15) is 33.6 Å². The fourth-order valence-corrected chi connectivity index (χ4v) is 2.36. The first-order valence-corrected chi connectivity index (χ1v) is 7.16. The Morgan fingerprint density at radius 3 is 3.11 bits per heavy atom. The van der Waals surface area contributed by atoms with Crippen molar-refractivity contribution in [2.24, 2.45) is 0 Å². The summed E-state index contributed by atoms with van der Waals surface area (Å²) in [7, 11) is 0. The Hall–Kier alpha value is -1.36. The molecule has 0 spiro atoms. The van der Waals surface area contributed by atoms with Crippen LogP contribution in [-0.2, 0) is 0 Å². The van der Waals surface area contributed by atoms with E-state index in [1.165, 1.54) is 19.4 Å². The van der Waals surface area contributed by atoms with Crippen molar-refractivity contribution in [2.75, 3.05) is 25.0 Å². The maximum absolute atomic E-state index is 5.58. The van der Waals surface area contributed by atoms with Gasteiger partial charge in [-0.2, -0.15) is 4.98 Å². The molecule has 0 aromatic carbocycles. The number of hydrogen-bond donors (Lipinski definition) is 1. The average molecular weight is 264 g/mol. The molecule has 1 saturated heterocycles. The number of likely N-dealkylation sites (tertiary alicyclic amines) is 1. The Morgan fingerprint density at radius 2 is 2.37 bits per heavy atom. The molecule has 19 heavy (non-hydrogen) atoms. The molecule has 5 nitrogen and oxygen atoms in total. The van der Waals surface area contributed by atoms with E-state index < -0.39 is 0 Å². The summed E-state index contributed by atoms with van der Waals surface area (Å²) in [4.78, 5) is 11.1. The first-order valence-electron chi connectivity index (χ1n) is 7.16. The van der Waals surface area contributed by atoms with Crippen LogP contribution in [0.4, 0.5) is 5.95 Å². The van der Waals surface area contributed by atoms with Crippen LogP contribution in [0.15, 0.2) is 12.3 Å². The summed E-state index contributed by atoms with van der Waals surface area (Å²) in [6.07, 6.45) is 4.28. The topological polar surface area (TPSA) is 50.3 Å². The zero-order valence-electron chi connectivity index (χ0n) is 12.1. The fraction of sp³-hybridized carbons (Fsp3) is 0.714. The van der Waals surface area contributed by atoms with E-state index in [9.17, 15) is 0 Å². The zero-order valence-corrected chi connectivity index (χ0v) is 12.1. The highest BCUT2D eigenvalue weighted by Gasteiger charge is 2.19. The first kappa shape index (κ1) is 14.1. The summed E-state index contributed by atoms with van der Waals surface area (Å²) in [5.41, 5.74) is 0. The predicted octanol–water partition coefficient (Wildman–Crippen LogP) is 2.16. The Labute approximate surface area is 115 Å². The van der Waals surface area contributed by atoms with Gasteiger partial charge in [0, 0.05) is 24.8 Å². The lowest BCUT2D eigenvalue weighted by Crippen LogP contribution is -2.42. The molecule has 0 aliphatic carbocycles. The van der Waals surface area contributed by atoms with Crippen LogP contribution in [0.5, 0.6) is 5.88 Å². The summed E-state index contributed by atoms with van der Waals surface area (Å²) in [5, 5.41) is 3.41. The standard InChI is InChI=1S/C14H24N4O/c1-4-18-9-5-6-12(10-18)16-14-15-8-7-13(17-14)19-11(2)3/h7-8,11-12H,4-6,9-10H2,1-3H3,(H,15,16,17). The highest BCUT2D eigenvalue weighted by Crippen LogP contribution is 2.15. The van der Waals surface area contributed by atoms with Crippen LogP contribution < -0.4 is 10.1 Å². The van der Waals surface area contributed by atoms with E-state index in [1.54, 1.807) is 12.3 Å². The molecule has 0 bridgehead atoms. The second-order valence-electron chi connectivity index (χ2n) is 5.26. The second kappa shape index (κ2) is 6.70. The minimum Gasteiger partial charge on any atom is -0.475 e. The summed E-state index contributed by atoms with van der Waals surface area (Å²) in [6.45, 7) is 9.57. The molecule has 0 saturated carbocycles. The van der Waals surface area contributed by atoms with Gasteiger partial charge in [-0.15, -0.1) is 0 Å². The summed E-state index contributed by atoms with van der Waals surface area (Å²) in [6, 6.07) is 2.23. The molecular weight excluding hydrogens is 240 g/mol. The lowest BCUT2D eigenvalue weighted by atomic mass is 10.1. The highest BCUT2D eigenvalue weighted by atomic mass is 16.5. The smallest absolute Gasteiger partial charge is 0.226 e. The normalized spacial score (nSPS) is 20.5. The molecule has 1 aliphatic heterocycles. The molecule has 0 radical (unpaired) electrons. The summed E-state index contributed by atoms with van der Waals surface area (Å²) >= 11 is 0. The van der Waals surface area contributed by atoms with Gasteiger partial charge in [0.15, 0.2) is 0 Å². The van der Waals surface area contributed by atoms with E-state index >= 15 is 0 Å². The maximum atomic E-state index is 5.58. The van der Waals surface area contributed by atoms with Crippen LogP contribution in [0.3, 0.4) is 0 Å². The molecule has 1 atom stereocenters. The molecule has 0 amide bonds. The predicted molar refractivity (Wildman–Crippen MR) is 76.6 cm³/mol. The molecule has 106 valence electrons. The first-order chi connectivity index (χ1) is 9.17. The van der Waals surface area contributed by atoms with Gasteiger partial charge < -0.3 is 15.0 Å². The zero-order chi connectivity index (χ0) is 13.7. The molecular formula is C14H24N4O. The Morgan fingerprint density at radius 1 is 1.53 bits per heavy atom. The van der Waals surface area contributed by atoms with E-state index in [0.717, 1.165) is 13.1 Å². The second-order valence-corrected chi connectivity index (χ2v) is 5.26. The number of hydrogen-bond acceptors (Lipinski definition) is 5. The van der Waals surface area contributed by atoms with Crippen LogP contribution in [0.25, 0.3) is 0 Å². The van der Waals surface area contributed by atoms with Gasteiger partial charge in [0.2, 0.25) is 11.8 Å². The van der Waals surface area contributed by atoms with Crippen LogP contribution in [0.2, 0.25) is 0 Å². The Balaban J connectivity index is 1.94.